The average molecular weight is 292 g/mol. The molecule has 2 aromatic heterocycles. The van der Waals surface area contributed by atoms with E-state index in [1.807, 2.05) is 0 Å². The van der Waals surface area contributed by atoms with Gasteiger partial charge in [-0.15, -0.1) is 0 Å². The number of amides is 2. The van der Waals surface area contributed by atoms with Crippen LogP contribution in [0.5, 0.6) is 0 Å². The van der Waals surface area contributed by atoms with Crippen molar-refractivity contribution in [3.8, 4) is 0 Å². The predicted octanol–water partition coefficient (Wildman–Crippen LogP) is 0.841. The third-order valence-corrected chi connectivity index (χ3v) is 2.91. The lowest BCUT2D eigenvalue weighted by molar-refractivity contribution is -0.123. The molecule has 2 amide bonds. The normalized spacial score (nSPS) is 13.4. The number of hydrogen-bond acceptors (Lipinski definition) is 5. The number of carbonyl (C=O) groups excluding carboxylic acids is 2. The molecule has 0 aliphatic carbocycles. The van der Waals surface area contributed by atoms with E-state index in [1.54, 1.807) is 19.1 Å². The van der Waals surface area contributed by atoms with Crippen molar-refractivity contribution >= 4 is 11.8 Å². The van der Waals surface area contributed by atoms with Crippen LogP contribution in [-0.4, -0.2) is 29.6 Å². The van der Waals surface area contributed by atoms with E-state index in [0.29, 0.717) is 11.3 Å². The molecule has 0 aliphatic rings. The number of carbonyl (C=O) groups is 2. The molecular formula is C14H16N2O5. The summed E-state index contributed by atoms with van der Waals surface area (Å²) in [6.45, 7) is 1.24. The molecule has 0 saturated carbocycles. The smallest absolute Gasteiger partial charge is 0.255 e. The Morgan fingerprint density at radius 1 is 1.29 bits per heavy atom. The average Bonchev–Trinajstić information content (AvgIpc) is 3.16. The van der Waals surface area contributed by atoms with E-state index >= 15 is 0 Å². The van der Waals surface area contributed by atoms with E-state index in [2.05, 4.69) is 10.6 Å². The number of aliphatic hydroxyl groups is 1. The first-order valence-corrected chi connectivity index (χ1v) is 6.39. The summed E-state index contributed by atoms with van der Waals surface area (Å²) in [7, 11) is 0. The molecule has 21 heavy (non-hydrogen) atoms. The minimum absolute atomic E-state index is 0.304. The van der Waals surface area contributed by atoms with Gasteiger partial charge in [0.15, 0.2) is 0 Å². The fourth-order valence-corrected chi connectivity index (χ4v) is 1.73. The van der Waals surface area contributed by atoms with Gasteiger partial charge in [-0.3, -0.25) is 9.59 Å². The molecule has 2 atom stereocenters. The molecule has 0 spiro atoms. The fourth-order valence-electron chi connectivity index (χ4n) is 1.73. The first kappa shape index (κ1) is 14.9. The Morgan fingerprint density at radius 2 is 2.10 bits per heavy atom. The number of hydrogen-bond donors (Lipinski definition) is 3. The highest BCUT2D eigenvalue weighted by molar-refractivity contribution is 5.97. The van der Waals surface area contributed by atoms with Crippen molar-refractivity contribution in [1.29, 1.82) is 0 Å². The highest BCUT2D eigenvalue weighted by Gasteiger charge is 2.22. The van der Waals surface area contributed by atoms with Gasteiger partial charge in [0, 0.05) is 0 Å². The van der Waals surface area contributed by atoms with E-state index in [1.165, 1.54) is 24.9 Å². The quantitative estimate of drug-likeness (QED) is 0.732. The van der Waals surface area contributed by atoms with Gasteiger partial charge in [0.05, 0.1) is 24.7 Å². The Bertz CT molecular complexity index is 577. The molecule has 2 unspecified atom stereocenters. The van der Waals surface area contributed by atoms with Gasteiger partial charge in [-0.25, -0.2) is 0 Å². The van der Waals surface area contributed by atoms with Crippen molar-refractivity contribution in [3.05, 3.63) is 48.3 Å². The second-order valence-corrected chi connectivity index (χ2v) is 4.47. The lowest BCUT2D eigenvalue weighted by Gasteiger charge is -2.18. The zero-order chi connectivity index (χ0) is 15.2. The molecule has 2 rings (SSSR count). The molecule has 7 nitrogen and oxygen atoms in total. The van der Waals surface area contributed by atoms with Crippen LogP contribution in [0.2, 0.25) is 0 Å². The van der Waals surface area contributed by atoms with Crippen LogP contribution >= 0.6 is 0 Å². The van der Waals surface area contributed by atoms with Crippen molar-refractivity contribution in [1.82, 2.24) is 10.6 Å². The summed E-state index contributed by atoms with van der Waals surface area (Å²) in [6.07, 6.45) is 4.12. The molecule has 2 heterocycles. The molecule has 0 fully saturated rings. The Labute approximate surface area is 120 Å². The molecule has 0 aliphatic heterocycles. The number of aliphatic hydroxyl groups excluding tert-OH is 1. The number of furan rings is 2. The molecule has 0 aromatic carbocycles. The second-order valence-electron chi connectivity index (χ2n) is 4.47. The first-order valence-electron chi connectivity index (χ1n) is 6.39. The van der Waals surface area contributed by atoms with Crippen LogP contribution in [0.4, 0.5) is 0 Å². The fraction of sp³-hybridized carbons (Fsp3) is 0.286. The minimum Gasteiger partial charge on any atom is -0.472 e. The largest absolute Gasteiger partial charge is 0.472 e. The van der Waals surface area contributed by atoms with Crippen LogP contribution in [0.1, 0.15) is 29.1 Å². The van der Waals surface area contributed by atoms with Crippen molar-refractivity contribution in [3.63, 3.8) is 0 Å². The van der Waals surface area contributed by atoms with E-state index < -0.39 is 23.9 Å². The monoisotopic (exact) mass is 292 g/mol. The Morgan fingerprint density at radius 3 is 2.67 bits per heavy atom. The number of rotatable bonds is 6. The van der Waals surface area contributed by atoms with Gasteiger partial charge in [-0.1, -0.05) is 0 Å². The summed E-state index contributed by atoms with van der Waals surface area (Å²) in [6, 6.07) is 3.39. The highest BCUT2D eigenvalue weighted by atomic mass is 16.3. The SMILES string of the molecule is CC(NC(=O)c1ccoc1)C(=O)NC(CO)c1ccco1. The minimum atomic E-state index is -0.767. The van der Waals surface area contributed by atoms with Crippen LogP contribution < -0.4 is 10.6 Å². The highest BCUT2D eigenvalue weighted by Crippen LogP contribution is 2.12. The maximum absolute atomic E-state index is 12.0. The first-order chi connectivity index (χ1) is 10.1. The van der Waals surface area contributed by atoms with Gasteiger partial charge in [-0.05, 0) is 25.1 Å². The van der Waals surface area contributed by atoms with Gasteiger partial charge in [0.25, 0.3) is 5.91 Å². The van der Waals surface area contributed by atoms with Crippen molar-refractivity contribution in [2.45, 2.75) is 19.0 Å². The Balaban J connectivity index is 1.91. The maximum atomic E-state index is 12.0. The van der Waals surface area contributed by atoms with Crippen LogP contribution in [0.3, 0.4) is 0 Å². The molecule has 112 valence electrons. The summed E-state index contributed by atoms with van der Waals surface area (Å²) < 4.78 is 9.93. The molecule has 7 heteroatoms. The van der Waals surface area contributed by atoms with Crippen molar-refractivity contribution in [2.24, 2.45) is 0 Å². The molecule has 0 saturated heterocycles. The van der Waals surface area contributed by atoms with Crippen LogP contribution in [0.25, 0.3) is 0 Å². The molecule has 3 N–H and O–H groups in total. The van der Waals surface area contributed by atoms with Gasteiger partial charge < -0.3 is 24.6 Å². The van der Waals surface area contributed by atoms with Crippen molar-refractivity contribution in [2.75, 3.05) is 6.61 Å². The topological polar surface area (TPSA) is 105 Å². The molecule has 2 aromatic rings. The van der Waals surface area contributed by atoms with Crippen molar-refractivity contribution < 1.29 is 23.5 Å². The van der Waals surface area contributed by atoms with E-state index in [4.69, 9.17) is 8.83 Å². The van der Waals surface area contributed by atoms with Crippen LogP contribution in [-0.2, 0) is 4.79 Å². The number of nitrogens with one attached hydrogen (secondary N) is 2. The third-order valence-electron chi connectivity index (χ3n) is 2.91. The third kappa shape index (κ3) is 3.73. The Kier molecular flexibility index (Phi) is 4.78. The summed E-state index contributed by atoms with van der Waals surface area (Å²) in [5.41, 5.74) is 0.333. The van der Waals surface area contributed by atoms with E-state index in [0.717, 1.165) is 0 Å². The summed E-state index contributed by atoms with van der Waals surface area (Å²) >= 11 is 0. The summed E-state index contributed by atoms with van der Waals surface area (Å²) in [4.78, 5) is 23.8. The zero-order valence-electron chi connectivity index (χ0n) is 11.4. The molecule has 0 radical (unpaired) electrons. The molecule has 0 bridgehead atoms. The zero-order valence-corrected chi connectivity index (χ0v) is 11.4. The molecular weight excluding hydrogens is 276 g/mol. The van der Waals surface area contributed by atoms with Crippen LogP contribution in [0.15, 0.2) is 45.8 Å². The summed E-state index contributed by atoms with van der Waals surface area (Å²) in [5.74, 6) is -0.397. The van der Waals surface area contributed by atoms with Gasteiger partial charge >= 0.3 is 0 Å². The maximum Gasteiger partial charge on any atom is 0.255 e. The van der Waals surface area contributed by atoms with Crippen LogP contribution in [0, 0.1) is 0 Å². The van der Waals surface area contributed by atoms with E-state index in [9.17, 15) is 14.7 Å². The lowest BCUT2D eigenvalue weighted by atomic mass is 10.2. The Hall–Kier alpha value is -2.54. The summed E-state index contributed by atoms with van der Waals surface area (Å²) in [5, 5.41) is 14.4. The van der Waals surface area contributed by atoms with Gasteiger partial charge in [0.2, 0.25) is 5.91 Å². The standard InChI is InChI=1S/C14H16N2O5/c1-9(15-14(19)10-4-6-20-8-10)13(18)16-11(7-17)12-3-2-5-21-12/h2-6,8-9,11,17H,7H2,1H3,(H,15,19)(H,16,18). The van der Waals surface area contributed by atoms with E-state index in [-0.39, 0.29) is 6.61 Å². The lowest BCUT2D eigenvalue weighted by Crippen LogP contribution is -2.46. The van der Waals surface area contributed by atoms with Gasteiger partial charge in [-0.2, -0.15) is 0 Å². The predicted molar refractivity (Wildman–Crippen MR) is 72.3 cm³/mol. The second kappa shape index (κ2) is 6.76. The van der Waals surface area contributed by atoms with Gasteiger partial charge in [0.1, 0.15) is 24.1 Å².